The fourth-order valence-electron chi connectivity index (χ4n) is 1.58. The first-order valence-electron chi connectivity index (χ1n) is 5.09. The van der Waals surface area contributed by atoms with E-state index in [0.29, 0.717) is 11.2 Å². The monoisotopic (exact) mass is 295 g/mol. The highest BCUT2D eigenvalue weighted by Crippen LogP contribution is 2.25. The molecule has 0 saturated carbocycles. The normalized spacial score (nSPS) is 10.3. The van der Waals surface area contributed by atoms with E-state index in [4.69, 9.17) is 4.74 Å². The summed E-state index contributed by atoms with van der Waals surface area (Å²) in [7, 11) is 1.59. The van der Waals surface area contributed by atoms with Crippen molar-refractivity contribution in [2.45, 2.75) is 5.33 Å². The lowest BCUT2D eigenvalue weighted by molar-refractivity contribution is 0.394. The molecule has 4 heteroatoms. The molecule has 17 heavy (non-hydrogen) atoms. The quantitative estimate of drug-likeness (QED) is 0.804. The van der Waals surface area contributed by atoms with Gasteiger partial charge in [-0.3, -0.25) is 0 Å². The molecular weight excluding hydrogens is 285 g/mol. The van der Waals surface area contributed by atoms with Crippen molar-refractivity contribution >= 4 is 15.9 Å². The number of pyridine rings is 1. The molecule has 0 atom stereocenters. The molecule has 0 radical (unpaired) electrons. The van der Waals surface area contributed by atoms with Gasteiger partial charge in [0.1, 0.15) is 5.82 Å². The van der Waals surface area contributed by atoms with E-state index in [0.717, 1.165) is 16.7 Å². The molecule has 0 fully saturated rings. The van der Waals surface area contributed by atoms with Gasteiger partial charge < -0.3 is 4.74 Å². The summed E-state index contributed by atoms with van der Waals surface area (Å²) >= 11 is 3.39. The van der Waals surface area contributed by atoms with Crippen LogP contribution in [0.4, 0.5) is 4.39 Å². The van der Waals surface area contributed by atoms with Crippen LogP contribution in [0.25, 0.3) is 11.1 Å². The van der Waals surface area contributed by atoms with Crippen molar-refractivity contribution in [3.05, 3.63) is 47.9 Å². The Morgan fingerprint density at radius 1 is 1.24 bits per heavy atom. The fraction of sp³-hybridized carbons (Fsp3) is 0.154. The summed E-state index contributed by atoms with van der Waals surface area (Å²) < 4.78 is 18.0. The predicted octanol–water partition coefficient (Wildman–Crippen LogP) is 3.79. The number of alkyl halides is 1. The van der Waals surface area contributed by atoms with Gasteiger partial charge in [-0.1, -0.05) is 28.1 Å². The maximum Gasteiger partial charge on any atom is 0.217 e. The van der Waals surface area contributed by atoms with Crippen molar-refractivity contribution in [1.29, 1.82) is 0 Å². The van der Waals surface area contributed by atoms with Crippen molar-refractivity contribution in [2.24, 2.45) is 0 Å². The number of nitrogens with zero attached hydrogens (tertiary/aromatic N) is 1. The van der Waals surface area contributed by atoms with Crippen molar-refractivity contribution in [3.63, 3.8) is 0 Å². The number of aromatic nitrogens is 1. The van der Waals surface area contributed by atoms with Gasteiger partial charge in [0.15, 0.2) is 0 Å². The van der Waals surface area contributed by atoms with E-state index < -0.39 is 0 Å². The topological polar surface area (TPSA) is 22.1 Å². The van der Waals surface area contributed by atoms with Crippen LogP contribution in [-0.4, -0.2) is 12.1 Å². The highest BCUT2D eigenvalue weighted by molar-refractivity contribution is 9.08. The van der Waals surface area contributed by atoms with Gasteiger partial charge in [0.05, 0.1) is 7.11 Å². The molecule has 0 unspecified atom stereocenters. The number of hydrogen-bond donors (Lipinski definition) is 0. The third kappa shape index (κ3) is 2.64. The van der Waals surface area contributed by atoms with Crippen molar-refractivity contribution < 1.29 is 9.13 Å². The van der Waals surface area contributed by atoms with Crippen LogP contribution in [0.1, 0.15) is 5.56 Å². The number of rotatable bonds is 3. The molecule has 0 bridgehead atoms. The Morgan fingerprint density at radius 2 is 1.94 bits per heavy atom. The standard InChI is InChI=1S/C13H11BrFNO/c1-17-13-10(7-14)6-11(8-16-13)9-2-4-12(15)5-3-9/h2-6,8H,7H2,1H3. The van der Waals surface area contributed by atoms with E-state index >= 15 is 0 Å². The smallest absolute Gasteiger partial charge is 0.217 e. The third-order valence-electron chi connectivity index (χ3n) is 2.44. The van der Waals surface area contributed by atoms with Crippen molar-refractivity contribution in [1.82, 2.24) is 4.98 Å². The summed E-state index contributed by atoms with van der Waals surface area (Å²) in [5, 5.41) is 0.665. The maximum absolute atomic E-state index is 12.8. The van der Waals surface area contributed by atoms with Gasteiger partial charge in [-0.15, -0.1) is 0 Å². The van der Waals surface area contributed by atoms with Crippen LogP contribution in [-0.2, 0) is 5.33 Å². The van der Waals surface area contributed by atoms with Gasteiger partial charge in [0, 0.05) is 22.7 Å². The molecule has 0 amide bonds. The van der Waals surface area contributed by atoms with Crippen LogP contribution >= 0.6 is 15.9 Å². The number of halogens is 2. The van der Waals surface area contributed by atoms with E-state index in [1.54, 1.807) is 25.4 Å². The Bertz CT molecular complexity index is 513. The van der Waals surface area contributed by atoms with Gasteiger partial charge in [0.25, 0.3) is 0 Å². The lowest BCUT2D eigenvalue weighted by Crippen LogP contribution is -1.93. The van der Waals surface area contributed by atoms with Crippen molar-refractivity contribution in [2.75, 3.05) is 7.11 Å². The largest absolute Gasteiger partial charge is 0.481 e. The van der Waals surface area contributed by atoms with E-state index in [9.17, 15) is 4.39 Å². The summed E-state index contributed by atoms with van der Waals surface area (Å²) in [6.45, 7) is 0. The number of benzene rings is 1. The highest BCUT2D eigenvalue weighted by Gasteiger charge is 2.06. The molecule has 1 heterocycles. The van der Waals surface area contributed by atoms with Crippen LogP contribution in [0.3, 0.4) is 0 Å². The fourth-order valence-corrected chi connectivity index (χ4v) is 1.98. The average Bonchev–Trinajstić information content (AvgIpc) is 2.39. The van der Waals surface area contributed by atoms with E-state index in [-0.39, 0.29) is 5.82 Å². The first-order valence-corrected chi connectivity index (χ1v) is 6.21. The van der Waals surface area contributed by atoms with Gasteiger partial charge in [-0.05, 0) is 23.8 Å². The number of methoxy groups -OCH3 is 1. The van der Waals surface area contributed by atoms with Crippen LogP contribution < -0.4 is 4.74 Å². The van der Waals surface area contributed by atoms with Crippen LogP contribution in [0, 0.1) is 5.82 Å². The SMILES string of the molecule is COc1ncc(-c2ccc(F)cc2)cc1CBr. The Balaban J connectivity index is 2.42. The van der Waals surface area contributed by atoms with Gasteiger partial charge >= 0.3 is 0 Å². The zero-order valence-corrected chi connectivity index (χ0v) is 10.9. The summed E-state index contributed by atoms with van der Waals surface area (Å²) in [6, 6.07) is 8.32. The van der Waals surface area contributed by atoms with Gasteiger partial charge in [-0.2, -0.15) is 0 Å². The molecule has 0 spiro atoms. The van der Waals surface area contributed by atoms with Gasteiger partial charge in [-0.25, -0.2) is 9.37 Å². The molecule has 0 saturated heterocycles. The molecule has 2 aromatic rings. The average molecular weight is 296 g/mol. The summed E-state index contributed by atoms with van der Waals surface area (Å²) in [6.07, 6.45) is 1.72. The molecule has 0 aliphatic rings. The molecule has 0 N–H and O–H groups in total. The minimum Gasteiger partial charge on any atom is -0.481 e. The highest BCUT2D eigenvalue weighted by atomic mass is 79.9. The molecule has 0 aliphatic heterocycles. The Kier molecular flexibility index (Phi) is 3.74. The second-order valence-electron chi connectivity index (χ2n) is 3.53. The zero-order valence-electron chi connectivity index (χ0n) is 9.28. The van der Waals surface area contributed by atoms with E-state index in [2.05, 4.69) is 20.9 Å². The maximum atomic E-state index is 12.8. The molecule has 2 rings (SSSR count). The molecule has 1 aromatic carbocycles. The number of ether oxygens (including phenoxy) is 1. The first kappa shape index (κ1) is 12.0. The Labute approximate surface area is 108 Å². The Hall–Kier alpha value is -1.42. The summed E-state index contributed by atoms with van der Waals surface area (Å²) in [5.74, 6) is 0.365. The van der Waals surface area contributed by atoms with E-state index in [1.807, 2.05) is 6.07 Å². The second kappa shape index (κ2) is 5.27. The molecule has 88 valence electrons. The molecular formula is C13H11BrFNO. The lowest BCUT2D eigenvalue weighted by Gasteiger charge is -2.07. The lowest BCUT2D eigenvalue weighted by atomic mass is 10.1. The second-order valence-corrected chi connectivity index (χ2v) is 4.09. The third-order valence-corrected chi connectivity index (χ3v) is 3.04. The first-order chi connectivity index (χ1) is 8.24. The molecule has 1 aromatic heterocycles. The van der Waals surface area contributed by atoms with Crippen LogP contribution in [0.2, 0.25) is 0 Å². The summed E-state index contributed by atoms with van der Waals surface area (Å²) in [5.41, 5.74) is 2.85. The molecule has 0 aliphatic carbocycles. The van der Waals surface area contributed by atoms with Crippen LogP contribution in [0.5, 0.6) is 5.88 Å². The predicted molar refractivity (Wildman–Crippen MR) is 68.8 cm³/mol. The van der Waals surface area contributed by atoms with Crippen molar-refractivity contribution in [3.8, 4) is 17.0 Å². The summed E-state index contributed by atoms with van der Waals surface area (Å²) in [4.78, 5) is 4.22. The molecule has 2 nitrogen and oxygen atoms in total. The minimum absolute atomic E-state index is 0.240. The zero-order chi connectivity index (χ0) is 12.3. The van der Waals surface area contributed by atoms with E-state index in [1.165, 1.54) is 12.1 Å². The minimum atomic E-state index is -0.240. The number of hydrogen-bond acceptors (Lipinski definition) is 2. The van der Waals surface area contributed by atoms with Crippen LogP contribution in [0.15, 0.2) is 36.5 Å². The Morgan fingerprint density at radius 3 is 2.53 bits per heavy atom. The van der Waals surface area contributed by atoms with Gasteiger partial charge in [0.2, 0.25) is 5.88 Å².